The number of aryl methyl sites for hydroxylation is 2. The van der Waals surface area contributed by atoms with Gasteiger partial charge in [-0.25, -0.2) is 13.1 Å². The lowest BCUT2D eigenvalue weighted by Crippen LogP contribution is -2.23. The molecular formula is C17H21N3O4S. The third-order valence-corrected chi connectivity index (χ3v) is 5.14. The van der Waals surface area contributed by atoms with Crippen LogP contribution in [0.5, 0.6) is 0 Å². The van der Waals surface area contributed by atoms with E-state index in [1.807, 2.05) is 0 Å². The van der Waals surface area contributed by atoms with E-state index in [0.717, 1.165) is 0 Å². The van der Waals surface area contributed by atoms with Crippen molar-refractivity contribution in [3.63, 3.8) is 0 Å². The predicted molar refractivity (Wildman–Crippen MR) is 96.5 cm³/mol. The zero-order chi connectivity index (χ0) is 18.6. The van der Waals surface area contributed by atoms with Gasteiger partial charge in [-0.05, 0) is 37.1 Å². The molecule has 2 rings (SSSR count). The first kappa shape index (κ1) is 18.9. The van der Waals surface area contributed by atoms with E-state index in [-0.39, 0.29) is 10.8 Å². The second-order valence-corrected chi connectivity index (χ2v) is 7.28. The van der Waals surface area contributed by atoms with Gasteiger partial charge in [0.25, 0.3) is 0 Å². The Morgan fingerprint density at radius 3 is 2.64 bits per heavy atom. The average molecular weight is 363 g/mol. The molecule has 0 aliphatic rings. The lowest BCUT2D eigenvalue weighted by atomic mass is 10.1. The molecule has 1 aromatic carbocycles. The van der Waals surface area contributed by atoms with E-state index in [1.165, 1.54) is 6.92 Å². The van der Waals surface area contributed by atoms with Crippen LogP contribution in [0.25, 0.3) is 12.2 Å². The summed E-state index contributed by atoms with van der Waals surface area (Å²) in [6, 6.07) is 5.13. The number of carbonyl (C=O) groups excluding carboxylic acids is 1. The van der Waals surface area contributed by atoms with Crippen molar-refractivity contribution in [1.82, 2.24) is 9.88 Å². The van der Waals surface area contributed by atoms with Crippen LogP contribution in [0, 0.1) is 13.8 Å². The molecule has 7 nitrogen and oxygen atoms in total. The number of carbonyl (C=O) groups is 1. The van der Waals surface area contributed by atoms with Crippen molar-refractivity contribution in [3.8, 4) is 0 Å². The molecule has 0 radical (unpaired) electrons. The molecule has 25 heavy (non-hydrogen) atoms. The van der Waals surface area contributed by atoms with Gasteiger partial charge in [0.05, 0.1) is 4.90 Å². The Bertz CT molecular complexity index is 914. The maximum Gasteiger partial charge on any atom is 0.240 e. The van der Waals surface area contributed by atoms with Crippen LogP contribution >= 0.6 is 0 Å². The van der Waals surface area contributed by atoms with E-state index in [0.29, 0.717) is 34.8 Å². The summed E-state index contributed by atoms with van der Waals surface area (Å²) >= 11 is 0. The molecule has 0 aliphatic heterocycles. The minimum atomic E-state index is -3.54. The Hall–Kier alpha value is -2.45. The molecule has 1 heterocycles. The van der Waals surface area contributed by atoms with Gasteiger partial charge >= 0.3 is 0 Å². The third-order valence-electron chi connectivity index (χ3n) is 3.45. The van der Waals surface area contributed by atoms with Crippen LogP contribution in [0.2, 0.25) is 0 Å². The standard InChI is InChI=1S/C17H21N3O4S/c1-5-18-25(22,23)16-10-14(7-6-11(16)2)8-9-15-17(19-13(4)21)12(3)20-24-15/h6-10,18H,5H2,1-4H3,(H,19,21). The van der Waals surface area contributed by atoms with E-state index in [2.05, 4.69) is 15.2 Å². The van der Waals surface area contributed by atoms with Crippen molar-refractivity contribution < 1.29 is 17.7 Å². The molecule has 0 bridgehead atoms. The number of nitrogens with one attached hydrogen (secondary N) is 2. The summed E-state index contributed by atoms with van der Waals surface area (Å²) in [7, 11) is -3.54. The lowest BCUT2D eigenvalue weighted by molar-refractivity contribution is -0.114. The highest BCUT2D eigenvalue weighted by Crippen LogP contribution is 2.23. The van der Waals surface area contributed by atoms with Gasteiger partial charge in [0.15, 0.2) is 5.76 Å². The molecule has 2 aromatic rings. The molecule has 0 spiro atoms. The number of hydrogen-bond donors (Lipinski definition) is 2. The van der Waals surface area contributed by atoms with Gasteiger partial charge in [0.1, 0.15) is 11.4 Å². The first-order chi connectivity index (χ1) is 11.7. The van der Waals surface area contributed by atoms with Gasteiger partial charge in [-0.1, -0.05) is 30.3 Å². The van der Waals surface area contributed by atoms with Gasteiger partial charge in [-0.15, -0.1) is 0 Å². The topological polar surface area (TPSA) is 101 Å². The first-order valence-electron chi connectivity index (χ1n) is 7.77. The minimum Gasteiger partial charge on any atom is -0.354 e. The molecule has 0 fully saturated rings. The van der Waals surface area contributed by atoms with Gasteiger partial charge in [0.2, 0.25) is 15.9 Å². The monoisotopic (exact) mass is 363 g/mol. The Morgan fingerprint density at radius 1 is 1.28 bits per heavy atom. The number of sulfonamides is 1. The zero-order valence-corrected chi connectivity index (χ0v) is 15.4. The van der Waals surface area contributed by atoms with E-state index >= 15 is 0 Å². The summed E-state index contributed by atoms with van der Waals surface area (Å²) in [4.78, 5) is 11.5. The predicted octanol–water partition coefficient (Wildman–Crippen LogP) is 2.72. The Labute approximate surface area is 147 Å². The largest absolute Gasteiger partial charge is 0.354 e. The van der Waals surface area contributed by atoms with Crippen LogP contribution in [0.15, 0.2) is 27.6 Å². The molecule has 0 unspecified atom stereocenters. The molecule has 1 aromatic heterocycles. The fourth-order valence-electron chi connectivity index (χ4n) is 2.28. The fraction of sp³-hybridized carbons (Fsp3) is 0.294. The SMILES string of the molecule is CCNS(=O)(=O)c1cc(C=Cc2onc(C)c2NC(C)=O)ccc1C. The van der Waals surface area contributed by atoms with Crippen LogP contribution in [0.1, 0.15) is 36.4 Å². The van der Waals surface area contributed by atoms with Crippen molar-refractivity contribution in [2.75, 3.05) is 11.9 Å². The normalized spacial score (nSPS) is 11.8. The number of hydrogen-bond acceptors (Lipinski definition) is 5. The second kappa shape index (κ2) is 7.62. The van der Waals surface area contributed by atoms with Crippen LogP contribution < -0.4 is 10.0 Å². The van der Waals surface area contributed by atoms with Crippen molar-refractivity contribution >= 4 is 33.8 Å². The smallest absolute Gasteiger partial charge is 0.240 e. The number of benzene rings is 1. The molecule has 2 N–H and O–H groups in total. The number of amides is 1. The minimum absolute atomic E-state index is 0.227. The molecule has 134 valence electrons. The zero-order valence-electron chi connectivity index (χ0n) is 14.6. The van der Waals surface area contributed by atoms with Crippen LogP contribution in [-0.4, -0.2) is 26.0 Å². The third kappa shape index (κ3) is 4.55. The fourth-order valence-corrected chi connectivity index (χ4v) is 3.60. The summed E-state index contributed by atoms with van der Waals surface area (Å²) in [5.74, 6) is 0.166. The van der Waals surface area contributed by atoms with E-state index in [1.54, 1.807) is 51.1 Å². The molecule has 0 saturated heterocycles. The van der Waals surface area contributed by atoms with Crippen molar-refractivity contribution in [3.05, 3.63) is 40.8 Å². The van der Waals surface area contributed by atoms with Gasteiger partial charge < -0.3 is 9.84 Å². The molecule has 0 saturated carbocycles. The van der Waals surface area contributed by atoms with E-state index < -0.39 is 10.0 Å². The van der Waals surface area contributed by atoms with Crippen LogP contribution in [0.3, 0.4) is 0 Å². The summed E-state index contributed by atoms with van der Waals surface area (Å²) in [6.45, 7) is 6.91. The summed E-state index contributed by atoms with van der Waals surface area (Å²) < 4.78 is 32.2. The lowest BCUT2D eigenvalue weighted by Gasteiger charge is -2.08. The summed E-state index contributed by atoms with van der Waals surface area (Å²) in [5, 5.41) is 6.50. The number of nitrogens with zero attached hydrogens (tertiary/aromatic N) is 1. The van der Waals surface area contributed by atoms with Crippen molar-refractivity contribution in [2.24, 2.45) is 0 Å². The maximum atomic E-state index is 12.2. The maximum absolute atomic E-state index is 12.2. The summed E-state index contributed by atoms with van der Waals surface area (Å²) in [5.41, 5.74) is 2.41. The molecular weight excluding hydrogens is 342 g/mol. The molecule has 8 heteroatoms. The Kier molecular flexibility index (Phi) is 5.76. The number of aromatic nitrogens is 1. The average Bonchev–Trinajstić information content (AvgIpc) is 2.86. The highest BCUT2D eigenvalue weighted by molar-refractivity contribution is 7.89. The van der Waals surface area contributed by atoms with Crippen molar-refractivity contribution in [1.29, 1.82) is 0 Å². The van der Waals surface area contributed by atoms with E-state index in [4.69, 9.17) is 4.52 Å². The van der Waals surface area contributed by atoms with E-state index in [9.17, 15) is 13.2 Å². The van der Waals surface area contributed by atoms with Gasteiger partial charge in [-0.2, -0.15) is 0 Å². The molecule has 0 aliphatic carbocycles. The van der Waals surface area contributed by atoms with Crippen LogP contribution in [-0.2, 0) is 14.8 Å². The molecule has 1 amide bonds. The van der Waals surface area contributed by atoms with Gasteiger partial charge in [-0.3, -0.25) is 4.79 Å². The number of anilines is 1. The van der Waals surface area contributed by atoms with Crippen molar-refractivity contribution in [2.45, 2.75) is 32.6 Å². The highest BCUT2D eigenvalue weighted by atomic mass is 32.2. The number of rotatable bonds is 6. The van der Waals surface area contributed by atoms with Crippen LogP contribution in [0.4, 0.5) is 5.69 Å². The Balaban J connectivity index is 2.36. The second-order valence-electron chi connectivity index (χ2n) is 5.55. The first-order valence-corrected chi connectivity index (χ1v) is 9.25. The molecule has 0 atom stereocenters. The quantitative estimate of drug-likeness (QED) is 0.822. The summed E-state index contributed by atoms with van der Waals surface area (Å²) in [6.07, 6.45) is 3.34. The highest BCUT2D eigenvalue weighted by Gasteiger charge is 2.16. The van der Waals surface area contributed by atoms with Gasteiger partial charge in [0, 0.05) is 13.5 Å². The Morgan fingerprint density at radius 2 is 2.00 bits per heavy atom.